The third-order valence-corrected chi connectivity index (χ3v) is 7.86. The monoisotopic (exact) mass is 642 g/mol. The quantitative estimate of drug-likeness (QED) is 0.186. The molecule has 4 rings (SSSR count). The second kappa shape index (κ2) is 12.6. The Morgan fingerprint density at radius 2 is 1.66 bits per heavy atom. The number of nitrogens with zero attached hydrogens (tertiary/aromatic N) is 1. The van der Waals surface area contributed by atoms with Crippen LogP contribution >= 0.6 is 15.9 Å². The van der Waals surface area contributed by atoms with Crippen LogP contribution in [0.3, 0.4) is 0 Å². The van der Waals surface area contributed by atoms with Crippen LogP contribution in [-0.4, -0.2) is 44.9 Å². The summed E-state index contributed by atoms with van der Waals surface area (Å²) in [6.07, 6.45) is 2.12. The Hall–Kier alpha value is -4.16. The van der Waals surface area contributed by atoms with E-state index in [4.69, 9.17) is 13.7 Å². The fourth-order valence-corrected chi connectivity index (χ4v) is 5.41. The largest absolute Gasteiger partial charge is 0.493 e. The molecule has 0 radical (unpaired) electrons. The topological polar surface area (TPSA) is 128 Å². The van der Waals surface area contributed by atoms with Crippen molar-refractivity contribution < 1.29 is 36.5 Å². The standard InChI is InChI=1S/C29H27BrN2O8S/c1-4-13-39-25-12-8-20(16-26(25)38-3)17-32-28(34)22(27(33)31-29(32)35)14-19-7-11-24(23(30)15-19)40-41(36,37)21-9-5-18(2)6-10-21/h5-12,14-16H,4,13,17H2,1-3H3,(H,31,33,35)/b22-14+. The van der Waals surface area contributed by atoms with Gasteiger partial charge in [0.05, 0.1) is 24.7 Å². The average Bonchev–Trinajstić information content (AvgIpc) is 2.94. The Morgan fingerprint density at radius 3 is 2.32 bits per heavy atom. The highest BCUT2D eigenvalue weighted by molar-refractivity contribution is 9.10. The number of benzene rings is 3. The minimum absolute atomic E-state index is 0.00354. The van der Waals surface area contributed by atoms with Crippen molar-refractivity contribution >= 4 is 50.0 Å². The number of carbonyl (C=O) groups excluding carboxylic acids is 3. The summed E-state index contributed by atoms with van der Waals surface area (Å²) in [4.78, 5) is 39.3. The Morgan fingerprint density at radius 1 is 0.951 bits per heavy atom. The highest BCUT2D eigenvalue weighted by atomic mass is 79.9. The molecule has 214 valence electrons. The number of hydrogen-bond acceptors (Lipinski definition) is 8. The summed E-state index contributed by atoms with van der Waals surface area (Å²) in [7, 11) is -2.60. The maximum absolute atomic E-state index is 13.2. The minimum Gasteiger partial charge on any atom is -0.493 e. The molecule has 0 unspecified atom stereocenters. The number of rotatable bonds is 10. The molecular formula is C29H27BrN2O8S. The van der Waals surface area contributed by atoms with Gasteiger partial charge in [0.2, 0.25) is 0 Å². The lowest BCUT2D eigenvalue weighted by Crippen LogP contribution is -2.53. The molecule has 1 N–H and O–H groups in total. The van der Waals surface area contributed by atoms with E-state index < -0.39 is 28.0 Å². The van der Waals surface area contributed by atoms with Crippen molar-refractivity contribution in [3.8, 4) is 17.2 Å². The lowest BCUT2D eigenvalue weighted by Gasteiger charge is -2.26. The SMILES string of the molecule is CCCOc1ccc(CN2C(=O)NC(=O)/C(=C\c3ccc(OS(=O)(=O)c4ccc(C)cc4)c(Br)c3)C2=O)cc1OC. The van der Waals surface area contributed by atoms with Gasteiger partial charge in [-0.05, 0) is 82.9 Å². The summed E-state index contributed by atoms with van der Waals surface area (Å²) in [5.74, 6) is -0.639. The molecule has 1 saturated heterocycles. The zero-order valence-electron chi connectivity index (χ0n) is 22.5. The van der Waals surface area contributed by atoms with E-state index >= 15 is 0 Å². The van der Waals surface area contributed by atoms with E-state index in [0.29, 0.717) is 29.2 Å². The van der Waals surface area contributed by atoms with Gasteiger partial charge in [-0.2, -0.15) is 8.42 Å². The Balaban J connectivity index is 1.55. The molecule has 1 heterocycles. The molecule has 1 aliphatic heterocycles. The van der Waals surface area contributed by atoms with Gasteiger partial charge in [-0.3, -0.25) is 19.8 Å². The van der Waals surface area contributed by atoms with Gasteiger partial charge in [0, 0.05) is 0 Å². The van der Waals surface area contributed by atoms with Crippen molar-refractivity contribution in [1.29, 1.82) is 0 Å². The van der Waals surface area contributed by atoms with E-state index in [1.165, 1.54) is 43.5 Å². The molecule has 0 aromatic heterocycles. The second-order valence-electron chi connectivity index (χ2n) is 9.08. The van der Waals surface area contributed by atoms with Crippen molar-refractivity contribution in [3.05, 3.63) is 87.4 Å². The van der Waals surface area contributed by atoms with E-state index in [9.17, 15) is 22.8 Å². The Bertz CT molecular complexity index is 1630. The van der Waals surface area contributed by atoms with Gasteiger partial charge in [0.25, 0.3) is 11.8 Å². The van der Waals surface area contributed by atoms with Crippen molar-refractivity contribution in [1.82, 2.24) is 10.2 Å². The van der Waals surface area contributed by atoms with Crippen molar-refractivity contribution in [2.45, 2.75) is 31.7 Å². The first kappa shape index (κ1) is 29.8. The van der Waals surface area contributed by atoms with Gasteiger partial charge in [-0.15, -0.1) is 0 Å². The molecule has 12 heteroatoms. The average molecular weight is 644 g/mol. The molecule has 0 aliphatic carbocycles. The summed E-state index contributed by atoms with van der Waals surface area (Å²) < 4.78 is 41.9. The predicted octanol–water partition coefficient (Wildman–Crippen LogP) is 4.98. The lowest BCUT2D eigenvalue weighted by molar-refractivity contribution is -0.130. The molecule has 0 atom stereocenters. The summed E-state index contributed by atoms with van der Waals surface area (Å²) in [5.41, 5.74) is 1.61. The summed E-state index contributed by atoms with van der Waals surface area (Å²) >= 11 is 3.29. The van der Waals surface area contributed by atoms with Crippen LogP contribution in [-0.2, 0) is 26.3 Å². The summed E-state index contributed by atoms with van der Waals surface area (Å²) in [5, 5.41) is 2.18. The van der Waals surface area contributed by atoms with E-state index in [2.05, 4.69) is 21.2 Å². The number of methoxy groups -OCH3 is 1. The minimum atomic E-state index is -4.09. The third kappa shape index (κ3) is 6.95. The van der Waals surface area contributed by atoms with Crippen LogP contribution < -0.4 is 19.0 Å². The van der Waals surface area contributed by atoms with Crippen LogP contribution in [0.2, 0.25) is 0 Å². The third-order valence-electron chi connectivity index (χ3n) is 5.99. The van der Waals surface area contributed by atoms with E-state index in [0.717, 1.165) is 16.9 Å². The molecule has 0 bridgehead atoms. The van der Waals surface area contributed by atoms with E-state index in [1.807, 2.05) is 13.8 Å². The van der Waals surface area contributed by atoms with Crippen molar-refractivity contribution in [2.24, 2.45) is 0 Å². The normalized spacial score (nSPS) is 14.7. The summed E-state index contributed by atoms with van der Waals surface area (Å²) in [6.45, 7) is 4.20. The molecule has 4 amide bonds. The van der Waals surface area contributed by atoms with Gasteiger partial charge in [-0.1, -0.05) is 36.8 Å². The maximum Gasteiger partial charge on any atom is 0.339 e. The maximum atomic E-state index is 13.2. The molecular weight excluding hydrogens is 616 g/mol. The molecule has 41 heavy (non-hydrogen) atoms. The predicted molar refractivity (Wildman–Crippen MR) is 154 cm³/mol. The molecule has 3 aromatic rings. The number of amides is 4. The zero-order valence-corrected chi connectivity index (χ0v) is 24.9. The molecule has 0 saturated carbocycles. The van der Waals surface area contributed by atoms with Gasteiger partial charge in [-0.25, -0.2) is 4.79 Å². The van der Waals surface area contributed by atoms with E-state index in [-0.39, 0.29) is 27.2 Å². The Kier molecular flexibility index (Phi) is 9.14. The number of nitrogens with one attached hydrogen (secondary N) is 1. The first-order chi connectivity index (χ1) is 19.5. The molecule has 3 aromatic carbocycles. The fraction of sp³-hybridized carbons (Fsp3) is 0.207. The highest BCUT2D eigenvalue weighted by Crippen LogP contribution is 2.31. The first-order valence-electron chi connectivity index (χ1n) is 12.5. The number of carbonyl (C=O) groups is 3. The van der Waals surface area contributed by atoms with Crippen LogP contribution in [0.15, 0.2) is 75.6 Å². The fourth-order valence-electron chi connectivity index (χ4n) is 3.87. The second-order valence-corrected chi connectivity index (χ2v) is 11.5. The van der Waals surface area contributed by atoms with Crippen molar-refractivity contribution in [2.75, 3.05) is 13.7 Å². The molecule has 1 fully saturated rings. The zero-order chi connectivity index (χ0) is 29.7. The first-order valence-corrected chi connectivity index (χ1v) is 14.7. The highest BCUT2D eigenvalue weighted by Gasteiger charge is 2.36. The van der Waals surface area contributed by atoms with Crippen LogP contribution in [0.25, 0.3) is 6.08 Å². The van der Waals surface area contributed by atoms with Crippen molar-refractivity contribution in [3.63, 3.8) is 0 Å². The molecule has 0 spiro atoms. The van der Waals surface area contributed by atoms with Crippen LogP contribution in [0.4, 0.5) is 4.79 Å². The van der Waals surface area contributed by atoms with Crippen LogP contribution in [0.5, 0.6) is 17.2 Å². The summed E-state index contributed by atoms with van der Waals surface area (Å²) in [6, 6.07) is 14.8. The lowest BCUT2D eigenvalue weighted by atomic mass is 10.1. The smallest absolute Gasteiger partial charge is 0.339 e. The number of aryl methyl sites for hydroxylation is 1. The number of barbiturate groups is 1. The number of imide groups is 2. The van der Waals surface area contributed by atoms with Gasteiger partial charge >= 0.3 is 16.1 Å². The Labute approximate surface area is 246 Å². The van der Waals surface area contributed by atoms with Crippen LogP contribution in [0, 0.1) is 6.92 Å². The number of halogens is 1. The van der Waals surface area contributed by atoms with E-state index in [1.54, 1.807) is 30.3 Å². The number of ether oxygens (including phenoxy) is 2. The van der Waals surface area contributed by atoms with Gasteiger partial charge in [0.15, 0.2) is 17.2 Å². The molecule has 1 aliphatic rings. The van der Waals surface area contributed by atoms with Gasteiger partial charge in [0.1, 0.15) is 10.5 Å². The van der Waals surface area contributed by atoms with Gasteiger partial charge < -0.3 is 13.7 Å². The van der Waals surface area contributed by atoms with Crippen LogP contribution in [0.1, 0.15) is 30.0 Å². The number of urea groups is 1. The number of hydrogen-bond donors (Lipinski definition) is 1. The molecule has 10 nitrogen and oxygen atoms in total.